The second-order valence-electron chi connectivity index (χ2n) is 9.33. The molecule has 0 aliphatic carbocycles. The van der Waals surface area contributed by atoms with Gasteiger partial charge in [0.05, 0.1) is 24.0 Å². The van der Waals surface area contributed by atoms with Gasteiger partial charge in [-0.1, -0.05) is 0 Å². The third-order valence-electron chi connectivity index (χ3n) is 7.07. The molecular weight excluding hydrogens is 426 g/mol. The maximum atomic E-state index is 6.14. The van der Waals surface area contributed by atoms with Crippen LogP contribution in [0.3, 0.4) is 0 Å². The van der Waals surface area contributed by atoms with E-state index >= 15 is 0 Å². The minimum atomic E-state index is 0.292. The molecule has 0 bridgehead atoms. The number of piperidine rings is 1. The molecule has 2 aliphatic rings. The van der Waals surface area contributed by atoms with E-state index in [9.17, 15) is 0 Å². The second kappa shape index (κ2) is 10.6. The Morgan fingerprint density at radius 2 is 1.85 bits per heavy atom. The third kappa shape index (κ3) is 5.25. The first kappa shape index (κ1) is 22.8. The number of benzene rings is 1. The van der Waals surface area contributed by atoms with Crippen LogP contribution in [0.2, 0.25) is 0 Å². The fourth-order valence-electron chi connectivity index (χ4n) is 5.26. The average molecular weight is 462 g/mol. The highest BCUT2D eigenvalue weighted by Crippen LogP contribution is 2.27. The summed E-state index contributed by atoms with van der Waals surface area (Å²) in [6.07, 6.45) is 9.58. The summed E-state index contributed by atoms with van der Waals surface area (Å²) >= 11 is 0. The van der Waals surface area contributed by atoms with Gasteiger partial charge in [-0.15, -0.1) is 0 Å². The molecule has 34 heavy (non-hydrogen) atoms. The highest BCUT2D eigenvalue weighted by Gasteiger charge is 2.28. The van der Waals surface area contributed by atoms with Crippen molar-refractivity contribution >= 4 is 16.9 Å². The van der Waals surface area contributed by atoms with Crippen molar-refractivity contribution in [2.45, 2.75) is 58.1 Å². The van der Waals surface area contributed by atoms with Crippen molar-refractivity contribution in [3.05, 3.63) is 48.4 Å². The number of fused-ring (bicyclic) bond motifs is 1. The number of aryl methyl sites for hydroxylation is 1. The first-order valence-electron chi connectivity index (χ1n) is 12.7. The lowest BCUT2D eigenvalue weighted by Gasteiger charge is -2.37. The fraction of sp³-hybridized carbons (Fsp3) is 0.519. The first-order valence-corrected chi connectivity index (χ1v) is 12.7. The Hall–Kier alpha value is -2.93. The minimum Gasteiger partial charge on any atom is -0.494 e. The predicted molar refractivity (Wildman–Crippen MR) is 135 cm³/mol. The van der Waals surface area contributed by atoms with Gasteiger partial charge in [0.15, 0.2) is 0 Å². The zero-order chi connectivity index (χ0) is 23.3. The SMILES string of the molecule is CCOc1ccc2nc(N3CCCC(N4CCC(Oc5cccnc5)CC4)CC3)nc(C)c2c1. The van der Waals surface area contributed by atoms with Crippen LogP contribution >= 0.6 is 0 Å². The maximum Gasteiger partial charge on any atom is 0.226 e. The van der Waals surface area contributed by atoms with E-state index in [0.29, 0.717) is 18.8 Å². The summed E-state index contributed by atoms with van der Waals surface area (Å²) < 4.78 is 11.8. The summed E-state index contributed by atoms with van der Waals surface area (Å²) in [5, 5.41) is 1.07. The van der Waals surface area contributed by atoms with Crippen LogP contribution in [-0.2, 0) is 0 Å². The molecule has 2 fully saturated rings. The predicted octanol–water partition coefficient (Wildman–Crippen LogP) is 4.63. The summed E-state index contributed by atoms with van der Waals surface area (Å²) in [6, 6.07) is 10.7. The summed E-state index contributed by atoms with van der Waals surface area (Å²) in [6.45, 7) is 8.95. The molecule has 180 valence electrons. The number of aromatic nitrogens is 3. The van der Waals surface area contributed by atoms with E-state index in [4.69, 9.17) is 19.4 Å². The molecule has 0 radical (unpaired) electrons. The smallest absolute Gasteiger partial charge is 0.226 e. The van der Waals surface area contributed by atoms with Crippen LogP contribution in [0.25, 0.3) is 10.9 Å². The maximum absolute atomic E-state index is 6.14. The van der Waals surface area contributed by atoms with Gasteiger partial charge in [0.2, 0.25) is 5.95 Å². The molecule has 0 amide bonds. The lowest BCUT2D eigenvalue weighted by atomic mass is 10.0. The molecule has 1 aromatic carbocycles. The van der Waals surface area contributed by atoms with Crippen LogP contribution in [0.5, 0.6) is 11.5 Å². The fourth-order valence-corrected chi connectivity index (χ4v) is 5.26. The zero-order valence-electron chi connectivity index (χ0n) is 20.3. The van der Waals surface area contributed by atoms with Crippen molar-refractivity contribution in [2.75, 3.05) is 37.7 Å². The molecule has 0 N–H and O–H groups in total. The van der Waals surface area contributed by atoms with Crippen LogP contribution in [0.1, 0.15) is 44.7 Å². The van der Waals surface area contributed by atoms with Gasteiger partial charge >= 0.3 is 0 Å². The van der Waals surface area contributed by atoms with Crippen LogP contribution in [0.4, 0.5) is 5.95 Å². The van der Waals surface area contributed by atoms with Crippen molar-refractivity contribution in [1.29, 1.82) is 0 Å². The molecule has 7 heteroatoms. The molecule has 3 aromatic rings. The summed E-state index contributed by atoms with van der Waals surface area (Å²) in [4.78, 5) is 19.0. The lowest BCUT2D eigenvalue weighted by Crippen LogP contribution is -2.44. The Morgan fingerprint density at radius 1 is 0.971 bits per heavy atom. The van der Waals surface area contributed by atoms with Crippen LogP contribution in [0, 0.1) is 6.92 Å². The average Bonchev–Trinajstić information content (AvgIpc) is 3.12. The van der Waals surface area contributed by atoms with Gasteiger partial charge in [-0.2, -0.15) is 0 Å². The number of hydrogen-bond donors (Lipinski definition) is 0. The van der Waals surface area contributed by atoms with Gasteiger partial charge in [-0.25, -0.2) is 9.97 Å². The van der Waals surface area contributed by atoms with Crippen LogP contribution in [-0.4, -0.2) is 64.8 Å². The lowest BCUT2D eigenvalue weighted by molar-refractivity contribution is 0.0713. The summed E-state index contributed by atoms with van der Waals surface area (Å²) in [5.74, 6) is 2.62. The van der Waals surface area contributed by atoms with Crippen molar-refractivity contribution in [3.8, 4) is 11.5 Å². The molecule has 5 rings (SSSR count). The van der Waals surface area contributed by atoms with Gasteiger partial charge in [0.25, 0.3) is 0 Å². The Bertz CT molecular complexity index is 1090. The standard InChI is InChI=1S/C27H35N5O2/c1-3-33-23-8-9-26-25(18-23)20(2)29-27(30-26)32-14-5-6-21(10-15-32)31-16-11-22(12-17-31)34-24-7-4-13-28-19-24/h4,7-9,13,18-19,21-22H,3,5-6,10-12,14-17H2,1-2H3. The number of nitrogens with zero attached hydrogens (tertiary/aromatic N) is 5. The van der Waals surface area contributed by atoms with E-state index in [1.807, 2.05) is 25.1 Å². The van der Waals surface area contributed by atoms with Gasteiger partial charge in [0.1, 0.15) is 17.6 Å². The summed E-state index contributed by atoms with van der Waals surface area (Å²) in [5.41, 5.74) is 2.00. The second-order valence-corrected chi connectivity index (χ2v) is 9.33. The quantitative estimate of drug-likeness (QED) is 0.530. The zero-order valence-corrected chi connectivity index (χ0v) is 20.3. The number of likely N-dealkylation sites (tertiary alicyclic amines) is 1. The van der Waals surface area contributed by atoms with Gasteiger partial charge in [-0.3, -0.25) is 4.98 Å². The van der Waals surface area contributed by atoms with Crippen LogP contribution in [0.15, 0.2) is 42.7 Å². The third-order valence-corrected chi connectivity index (χ3v) is 7.07. The van der Waals surface area contributed by atoms with E-state index in [-0.39, 0.29) is 0 Å². The largest absolute Gasteiger partial charge is 0.494 e. The normalized spacial score (nSPS) is 20.3. The molecule has 1 unspecified atom stereocenters. The Balaban J connectivity index is 1.19. The molecule has 0 spiro atoms. The Labute approximate surface area is 202 Å². The number of ether oxygens (including phenoxy) is 2. The number of hydrogen-bond acceptors (Lipinski definition) is 7. The molecule has 2 aromatic heterocycles. The monoisotopic (exact) mass is 461 g/mol. The molecule has 4 heterocycles. The topological polar surface area (TPSA) is 63.6 Å². The Morgan fingerprint density at radius 3 is 2.65 bits per heavy atom. The van der Waals surface area contributed by atoms with E-state index in [1.54, 1.807) is 12.4 Å². The van der Waals surface area contributed by atoms with E-state index < -0.39 is 0 Å². The van der Waals surface area contributed by atoms with Crippen molar-refractivity contribution in [1.82, 2.24) is 19.9 Å². The number of pyridine rings is 1. The van der Waals surface area contributed by atoms with Crippen LogP contribution < -0.4 is 14.4 Å². The van der Waals surface area contributed by atoms with E-state index in [0.717, 1.165) is 79.5 Å². The van der Waals surface area contributed by atoms with Gasteiger partial charge in [0, 0.05) is 43.8 Å². The van der Waals surface area contributed by atoms with E-state index in [1.165, 1.54) is 12.8 Å². The number of anilines is 1. The highest BCUT2D eigenvalue weighted by molar-refractivity contribution is 5.83. The first-order chi connectivity index (χ1) is 16.7. The van der Waals surface area contributed by atoms with Crippen molar-refractivity contribution < 1.29 is 9.47 Å². The molecule has 2 saturated heterocycles. The Kier molecular flexibility index (Phi) is 7.09. The molecule has 0 saturated carbocycles. The minimum absolute atomic E-state index is 0.292. The molecular formula is C27H35N5O2. The van der Waals surface area contributed by atoms with Gasteiger partial charge in [-0.05, 0) is 76.3 Å². The van der Waals surface area contributed by atoms with Crippen molar-refractivity contribution in [2.24, 2.45) is 0 Å². The van der Waals surface area contributed by atoms with Crippen molar-refractivity contribution in [3.63, 3.8) is 0 Å². The molecule has 7 nitrogen and oxygen atoms in total. The molecule has 2 aliphatic heterocycles. The highest BCUT2D eigenvalue weighted by atomic mass is 16.5. The van der Waals surface area contributed by atoms with E-state index in [2.05, 4.69) is 33.8 Å². The van der Waals surface area contributed by atoms with Gasteiger partial charge < -0.3 is 19.3 Å². The summed E-state index contributed by atoms with van der Waals surface area (Å²) in [7, 11) is 0. The molecule has 1 atom stereocenters. The number of rotatable bonds is 6.